The van der Waals surface area contributed by atoms with Crippen molar-refractivity contribution >= 4 is 16.7 Å². The van der Waals surface area contributed by atoms with Gasteiger partial charge in [-0.2, -0.15) is 0 Å². The van der Waals surface area contributed by atoms with Crippen LogP contribution >= 0.6 is 0 Å². The van der Waals surface area contributed by atoms with Crippen LogP contribution in [0.1, 0.15) is 11.1 Å². The number of ether oxygens (including phenoxy) is 1. The molecule has 0 bridgehead atoms. The fraction of sp³-hybridized carbons (Fsp3) is 0.0769. The number of nitrogen functional groups attached to an aromatic ring is 1. The third-order valence-corrected chi connectivity index (χ3v) is 5.26. The molecular formula is C26H22N4O2. The van der Waals surface area contributed by atoms with Gasteiger partial charge >= 0.3 is 0 Å². The average Bonchev–Trinajstić information content (AvgIpc) is 3.33. The predicted molar refractivity (Wildman–Crippen MR) is 126 cm³/mol. The Hall–Kier alpha value is -4.16. The van der Waals surface area contributed by atoms with Crippen LogP contribution in [-0.2, 0) is 13.2 Å². The van der Waals surface area contributed by atoms with E-state index in [9.17, 15) is 0 Å². The first kappa shape index (κ1) is 19.8. The maximum absolute atomic E-state index is 6.29. The number of hydrogen-bond acceptors (Lipinski definition) is 6. The van der Waals surface area contributed by atoms with E-state index in [2.05, 4.69) is 4.98 Å². The average molecular weight is 422 g/mol. The molecule has 5 aromatic rings. The molecule has 0 saturated heterocycles. The van der Waals surface area contributed by atoms with E-state index in [4.69, 9.17) is 25.6 Å². The number of furan rings is 1. The lowest BCUT2D eigenvalue weighted by Crippen LogP contribution is -1.98. The Morgan fingerprint density at radius 3 is 2.34 bits per heavy atom. The van der Waals surface area contributed by atoms with Crippen molar-refractivity contribution in [1.29, 1.82) is 0 Å². The highest BCUT2D eigenvalue weighted by atomic mass is 16.5. The first-order valence-electron chi connectivity index (χ1n) is 10.3. The lowest BCUT2D eigenvalue weighted by atomic mass is 10.1. The number of rotatable bonds is 6. The topological polar surface area (TPSA) is 100 Å². The van der Waals surface area contributed by atoms with E-state index in [1.807, 2.05) is 78.9 Å². The summed E-state index contributed by atoms with van der Waals surface area (Å²) in [4.78, 5) is 9.23. The molecule has 0 spiro atoms. The molecule has 3 aromatic carbocycles. The summed E-state index contributed by atoms with van der Waals surface area (Å²) in [7, 11) is 0. The van der Waals surface area contributed by atoms with Gasteiger partial charge in [0.05, 0.1) is 11.8 Å². The van der Waals surface area contributed by atoms with Gasteiger partial charge in [-0.15, -0.1) is 0 Å². The van der Waals surface area contributed by atoms with Gasteiger partial charge < -0.3 is 20.6 Å². The monoisotopic (exact) mass is 422 g/mol. The molecule has 0 saturated carbocycles. The Labute approximate surface area is 185 Å². The highest BCUT2D eigenvalue weighted by Gasteiger charge is 2.11. The highest BCUT2D eigenvalue weighted by molar-refractivity contribution is 5.92. The van der Waals surface area contributed by atoms with E-state index in [0.717, 1.165) is 44.7 Å². The van der Waals surface area contributed by atoms with Gasteiger partial charge in [0.2, 0.25) is 0 Å². The zero-order valence-corrected chi connectivity index (χ0v) is 17.4. The molecule has 32 heavy (non-hydrogen) atoms. The summed E-state index contributed by atoms with van der Waals surface area (Å²) in [6, 6.07) is 25.5. The van der Waals surface area contributed by atoms with Crippen LogP contribution in [0.5, 0.6) is 5.75 Å². The maximum Gasteiger partial charge on any atom is 0.162 e. The van der Waals surface area contributed by atoms with E-state index in [1.165, 1.54) is 0 Å². The molecule has 0 aliphatic heterocycles. The molecule has 0 fully saturated rings. The zero-order valence-electron chi connectivity index (χ0n) is 17.4. The van der Waals surface area contributed by atoms with Gasteiger partial charge in [0, 0.05) is 28.6 Å². The molecule has 158 valence electrons. The molecule has 4 N–H and O–H groups in total. The minimum atomic E-state index is 0.418. The SMILES string of the molecule is NCc1coc(-c2ccc3nc(-c4ccc(OCc5ccccc5)cc4)nc(N)c3c2)c1. The van der Waals surface area contributed by atoms with E-state index in [-0.39, 0.29) is 0 Å². The smallest absolute Gasteiger partial charge is 0.162 e. The number of hydrogen-bond donors (Lipinski definition) is 2. The maximum atomic E-state index is 6.29. The quantitative estimate of drug-likeness (QED) is 0.391. The zero-order chi connectivity index (χ0) is 21.9. The summed E-state index contributed by atoms with van der Waals surface area (Å²) in [6.07, 6.45) is 1.66. The molecule has 0 atom stereocenters. The van der Waals surface area contributed by atoms with Crippen molar-refractivity contribution in [3.63, 3.8) is 0 Å². The number of aromatic nitrogens is 2. The summed E-state index contributed by atoms with van der Waals surface area (Å²) in [5.74, 6) is 2.51. The molecular weight excluding hydrogens is 400 g/mol. The molecule has 2 aromatic heterocycles. The first-order valence-corrected chi connectivity index (χ1v) is 10.3. The van der Waals surface area contributed by atoms with Crippen LogP contribution in [-0.4, -0.2) is 9.97 Å². The van der Waals surface area contributed by atoms with Crippen molar-refractivity contribution in [2.75, 3.05) is 5.73 Å². The minimum Gasteiger partial charge on any atom is -0.489 e. The lowest BCUT2D eigenvalue weighted by molar-refractivity contribution is 0.306. The fourth-order valence-electron chi connectivity index (χ4n) is 3.51. The molecule has 2 heterocycles. The van der Waals surface area contributed by atoms with E-state index >= 15 is 0 Å². The van der Waals surface area contributed by atoms with Crippen molar-refractivity contribution in [2.24, 2.45) is 5.73 Å². The van der Waals surface area contributed by atoms with Crippen LogP contribution in [0.25, 0.3) is 33.6 Å². The van der Waals surface area contributed by atoms with Crippen LogP contribution in [0.15, 0.2) is 89.5 Å². The third-order valence-electron chi connectivity index (χ3n) is 5.26. The summed E-state index contributed by atoms with van der Waals surface area (Å²) in [6.45, 7) is 0.951. The van der Waals surface area contributed by atoms with Crippen LogP contribution in [0, 0.1) is 0 Å². The van der Waals surface area contributed by atoms with Gasteiger partial charge in [0.15, 0.2) is 5.82 Å². The van der Waals surface area contributed by atoms with Crippen LogP contribution in [0.2, 0.25) is 0 Å². The van der Waals surface area contributed by atoms with Crippen molar-refractivity contribution in [3.8, 4) is 28.5 Å². The largest absolute Gasteiger partial charge is 0.489 e. The Balaban J connectivity index is 1.38. The summed E-state index contributed by atoms with van der Waals surface area (Å²) in [5, 5.41) is 0.778. The standard InChI is InChI=1S/C26H22N4O2/c27-14-18-12-24(32-16-18)20-8-11-23-22(13-20)25(28)30-26(29-23)19-6-9-21(10-7-19)31-15-17-4-2-1-3-5-17/h1-13,16H,14-15,27H2,(H2,28,29,30). The summed E-state index contributed by atoms with van der Waals surface area (Å²) in [5.41, 5.74) is 16.6. The molecule has 0 radical (unpaired) electrons. The summed E-state index contributed by atoms with van der Waals surface area (Å²) < 4.78 is 11.5. The van der Waals surface area contributed by atoms with Gasteiger partial charge in [-0.3, -0.25) is 0 Å². The van der Waals surface area contributed by atoms with Crippen molar-refractivity contribution < 1.29 is 9.15 Å². The van der Waals surface area contributed by atoms with Gasteiger partial charge in [0.1, 0.15) is 23.9 Å². The number of benzene rings is 3. The fourth-order valence-corrected chi connectivity index (χ4v) is 3.51. The Morgan fingerprint density at radius 2 is 1.59 bits per heavy atom. The van der Waals surface area contributed by atoms with Crippen molar-refractivity contribution in [2.45, 2.75) is 13.2 Å². The molecule has 0 aliphatic rings. The predicted octanol–water partition coefficient (Wildman–Crippen LogP) is 5.18. The molecule has 0 aliphatic carbocycles. The van der Waals surface area contributed by atoms with Crippen LogP contribution < -0.4 is 16.2 Å². The van der Waals surface area contributed by atoms with Crippen molar-refractivity contribution in [1.82, 2.24) is 9.97 Å². The minimum absolute atomic E-state index is 0.418. The molecule has 0 unspecified atom stereocenters. The Bertz CT molecular complexity index is 1360. The van der Waals surface area contributed by atoms with E-state index in [1.54, 1.807) is 6.26 Å². The molecule has 6 heteroatoms. The van der Waals surface area contributed by atoms with Crippen LogP contribution in [0.3, 0.4) is 0 Å². The van der Waals surface area contributed by atoms with Gasteiger partial charge in [-0.05, 0) is 54.1 Å². The normalized spacial score (nSPS) is 11.0. The van der Waals surface area contributed by atoms with Gasteiger partial charge in [-0.25, -0.2) is 9.97 Å². The number of nitrogens with two attached hydrogens (primary N) is 2. The third kappa shape index (κ3) is 4.04. The summed E-state index contributed by atoms with van der Waals surface area (Å²) >= 11 is 0. The number of nitrogens with zero attached hydrogens (tertiary/aromatic N) is 2. The van der Waals surface area contributed by atoms with E-state index in [0.29, 0.717) is 24.8 Å². The Morgan fingerprint density at radius 1 is 0.812 bits per heavy atom. The Kier molecular flexibility index (Phi) is 5.27. The van der Waals surface area contributed by atoms with Gasteiger partial charge in [-0.1, -0.05) is 30.3 Å². The molecule has 5 rings (SSSR count). The van der Waals surface area contributed by atoms with Crippen LogP contribution in [0.4, 0.5) is 5.82 Å². The first-order chi connectivity index (χ1) is 15.7. The number of anilines is 1. The van der Waals surface area contributed by atoms with Gasteiger partial charge in [0.25, 0.3) is 0 Å². The second-order valence-corrected chi connectivity index (χ2v) is 7.49. The second kappa shape index (κ2) is 8.53. The van der Waals surface area contributed by atoms with E-state index < -0.39 is 0 Å². The molecule has 0 amide bonds. The second-order valence-electron chi connectivity index (χ2n) is 7.49. The lowest BCUT2D eigenvalue weighted by Gasteiger charge is -2.09. The van der Waals surface area contributed by atoms with Crippen molar-refractivity contribution in [3.05, 3.63) is 96.3 Å². The molecule has 6 nitrogen and oxygen atoms in total. The number of fused-ring (bicyclic) bond motifs is 1. The highest BCUT2D eigenvalue weighted by Crippen LogP contribution is 2.30.